The molecule has 123 valence electrons. The molecule has 2 rings (SSSR count). The van der Waals surface area contributed by atoms with E-state index in [1.165, 1.54) is 44.5 Å². The number of rotatable bonds is 0. The van der Waals surface area contributed by atoms with Gasteiger partial charge in [-0.05, 0) is 19.4 Å². The number of nitrogens with zero attached hydrogens (tertiary/aromatic N) is 1. The molecule has 0 spiro atoms. The van der Waals surface area contributed by atoms with Crippen LogP contribution in [0.1, 0.15) is 55.9 Å². The molecule has 0 saturated heterocycles. The minimum absolute atomic E-state index is 0. The zero-order valence-electron chi connectivity index (χ0n) is 16.2. The molecular formula is C21H29NY-2. The summed E-state index contributed by atoms with van der Waals surface area (Å²) in [5.74, 6) is 0. The van der Waals surface area contributed by atoms with Crippen LogP contribution >= 0.6 is 0 Å². The topological polar surface area (TPSA) is 12.9 Å². The predicted molar refractivity (Wildman–Crippen MR) is 96.6 cm³/mol. The van der Waals surface area contributed by atoms with Crippen LogP contribution in [0.4, 0.5) is 0 Å². The molecule has 0 unspecified atom stereocenters. The minimum atomic E-state index is 0. The van der Waals surface area contributed by atoms with Gasteiger partial charge in [0.25, 0.3) is 0 Å². The first-order valence-corrected chi connectivity index (χ1v) is 7.80. The molecule has 0 aliphatic rings. The summed E-state index contributed by atoms with van der Waals surface area (Å²) >= 11 is 0. The van der Waals surface area contributed by atoms with Crippen LogP contribution < -0.4 is 0 Å². The molecule has 0 fully saturated rings. The fraction of sp³-hybridized carbons (Fsp3) is 0.429. The number of hydrogen-bond acceptors (Lipinski definition) is 1. The summed E-state index contributed by atoms with van der Waals surface area (Å²) in [4.78, 5) is 4.32. The molecule has 0 saturated carbocycles. The van der Waals surface area contributed by atoms with Crippen molar-refractivity contribution in [2.24, 2.45) is 0 Å². The fourth-order valence-electron chi connectivity index (χ4n) is 2.45. The largest absolute Gasteiger partial charge is 0.292 e. The fourth-order valence-corrected chi connectivity index (χ4v) is 2.45. The van der Waals surface area contributed by atoms with E-state index >= 15 is 0 Å². The summed E-state index contributed by atoms with van der Waals surface area (Å²) in [7, 11) is 0. The Morgan fingerprint density at radius 3 is 1.43 bits per heavy atom. The predicted octanol–water partition coefficient (Wildman–Crippen LogP) is 5.52. The number of aromatic nitrogens is 1. The van der Waals surface area contributed by atoms with E-state index in [1.54, 1.807) is 0 Å². The Hall–Kier alpha value is -0.656. The van der Waals surface area contributed by atoms with E-state index in [2.05, 4.69) is 73.4 Å². The zero-order valence-corrected chi connectivity index (χ0v) is 19.1. The first-order valence-electron chi connectivity index (χ1n) is 7.80. The maximum Gasteiger partial charge on any atom is 0.0359 e. The molecule has 0 bridgehead atoms. The molecule has 2 heteroatoms. The van der Waals surface area contributed by atoms with Gasteiger partial charge in [-0.25, -0.2) is 6.92 Å². The van der Waals surface area contributed by atoms with Crippen molar-refractivity contribution in [3.63, 3.8) is 0 Å². The van der Waals surface area contributed by atoms with Crippen LogP contribution in [-0.4, -0.2) is 4.98 Å². The van der Waals surface area contributed by atoms with Gasteiger partial charge >= 0.3 is 0 Å². The second kappa shape index (κ2) is 8.99. The van der Waals surface area contributed by atoms with Crippen molar-refractivity contribution in [1.29, 1.82) is 0 Å². The Morgan fingerprint density at radius 2 is 1.00 bits per heavy atom. The summed E-state index contributed by atoms with van der Waals surface area (Å²) in [6.45, 7) is 22.9. The molecule has 0 aliphatic carbocycles. The van der Waals surface area contributed by atoms with Gasteiger partial charge in [0.05, 0.1) is 0 Å². The molecule has 1 aromatic carbocycles. The summed E-state index contributed by atoms with van der Waals surface area (Å²) in [5, 5.41) is 0. The van der Waals surface area contributed by atoms with Crippen molar-refractivity contribution in [1.82, 2.24) is 4.98 Å². The maximum atomic E-state index is 4.32. The van der Waals surface area contributed by atoms with Crippen molar-refractivity contribution < 1.29 is 32.7 Å². The van der Waals surface area contributed by atoms with Crippen LogP contribution in [-0.2, 0) is 32.7 Å². The minimum Gasteiger partial charge on any atom is -0.292 e. The zero-order chi connectivity index (χ0) is 17.2. The summed E-state index contributed by atoms with van der Waals surface area (Å²) in [5.41, 5.74) is 12.6. The molecular weight excluding hydrogens is 355 g/mol. The van der Waals surface area contributed by atoms with Gasteiger partial charge in [-0.1, -0.05) is 47.2 Å². The second-order valence-electron chi connectivity index (χ2n) is 6.27. The van der Waals surface area contributed by atoms with E-state index in [4.69, 9.17) is 0 Å². The number of pyridine rings is 1. The number of aryl methyl sites for hydroxylation is 3. The van der Waals surface area contributed by atoms with Crippen molar-refractivity contribution in [3.8, 4) is 0 Å². The number of hydrogen-bond donors (Lipinski definition) is 0. The Kier molecular flexibility index (Phi) is 8.74. The van der Waals surface area contributed by atoms with E-state index < -0.39 is 0 Å². The maximum absolute atomic E-state index is 4.32. The average molecular weight is 384 g/mol. The van der Waals surface area contributed by atoms with Crippen LogP contribution in [0, 0.1) is 75.3 Å². The third-order valence-electron chi connectivity index (χ3n) is 5.03. The molecule has 2 aromatic rings. The SMILES string of the molecule is Cc1[c-]c(C)c(C)c(C)c1C.[CH2-]c1nc(C)c(C)c(C)c1C.[Y]. The van der Waals surface area contributed by atoms with Gasteiger partial charge in [-0.15, -0.1) is 12.5 Å². The second-order valence-corrected chi connectivity index (χ2v) is 6.27. The van der Waals surface area contributed by atoms with Crippen LogP contribution in [0.15, 0.2) is 0 Å². The average Bonchev–Trinajstić information content (AvgIpc) is 2.47. The van der Waals surface area contributed by atoms with Gasteiger partial charge in [0, 0.05) is 38.4 Å². The smallest absolute Gasteiger partial charge is 0.0359 e. The third-order valence-corrected chi connectivity index (χ3v) is 5.03. The molecule has 23 heavy (non-hydrogen) atoms. The molecule has 0 N–H and O–H groups in total. The van der Waals surface area contributed by atoms with E-state index in [9.17, 15) is 0 Å². The van der Waals surface area contributed by atoms with Crippen LogP contribution in [0.3, 0.4) is 0 Å². The number of benzene rings is 1. The molecule has 1 aromatic heterocycles. The molecule has 0 amide bonds. The first-order chi connectivity index (χ1) is 10.1. The van der Waals surface area contributed by atoms with E-state index in [0.29, 0.717) is 0 Å². The Labute approximate surface area is 168 Å². The quantitative estimate of drug-likeness (QED) is 0.545. The Morgan fingerprint density at radius 1 is 0.609 bits per heavy atom. The van der Waals surface area contributed by atoms with Gasteiger partial charge in [-0.3, -0.25) is 4.98 Å². The van der Waals surface area contributed by atoms with Gasteiger partial charge in [-0.2, -0.15) is 39.4 Å². The van der Waals surface area contributed by atoms with Crippen molar-refractivity contribution in [3.05, 3.63) is 68.9 Å². The van der Waals surface area contributed by atoms with E-state index in [0.717, 1.165) is 11.4 Å². The van der Waals surface area contributed by atoms with Gasteiger partial charge in [0.1, 0.15) is 0 Å². The molecule has 0 atom stereocenters. The summed E-state index contributed by atoms with van der Waals surface area (Å²) < 4.78 is 0. The standard InChI is InChI=1S/C11H15.C10H14N.Y/c1-7-6-8(2)10(4)11(5)9(7)3;1-6-7(2)9(4)11-10(5)8(6)3;/h1-5H3;4H2,1-3,5H3;/q2*-1;. The van der Waals surface area contributed by atoms with Crippen LogP contribution in [0.25, 0.3) is 0 Å². The third kappa shape index (κ3) is 5.16. The monoisotopic (exact) mass is 384 g/mol. The van der Waals surface area contributed by atoms with Gasteiger partial charge < -0.3 is 0 Å². The van der Waals surface area contributed by atoms with Crippen molar-refractivity contribution >= 4 is 0 Å². The van der Waals surface area contributed by atoms with Crippen LogP contribution in [0.5, 0.6) is 0 Å². The van der Waals surface area contributed by atoms with Gasteiger partial charge in [0.15, 0.2) is 0 Å². The Balaban J connectivity index is 0.000000403. The molecule has 1 nitrogen and oxygen atoms in total. The van der Waals surface area contributed by atoms with E-state index in [-0.39, 0.29) is 32.7 Å². The van der Waals surface area contributed by atoms with E-state index in [1.807, 2.05) is 6.92 Å². The molecule has 0 aliphatic heterocycles. The van der Waals surface area contributed by atoms with Crippen molar-refractivity contribution in [2.75, 3.05) is 0 Å². The summed E-state index contributed by atoms with van der Waals surface area (Å²) in [6.07, 6.45) is 0. The molecule has 1 heterocycles. The normalized spacial score (nSPS) is 9.78. The van der Waals surface area contributed by atoms with Crippen molar-refractivity contribution in [2.45, 2.75) is 62.3 Å². The van der Waals surface area contributed by atoms with Gasteiger partial charge in [0.2, 0.25) is 0 Å². The Bertz CT molecular complexity index is 586. The van der Waals surface area contributed by atoms with Crippen LogP contribution in [0.2, 0.25) is 0 Å². The first kappa shape index (κ1) is 22.3. The molecule has 1 radical (unpaired) electrons. The summed E-state index contributed by atoms with van der Waals surface area (Å²) in [6, 6.07) is 3.35.